The molecule has 0 bridgehead atoms. The molecule has 776 valence electrons. The van der Waals surface area contributed by atoms with Gasteiger partial charge in [-0.15, -0.1) is 0 Å². The summed E-state index contributed by atoms with van der Waals surface area (Å²) in [6.07, 6.45) is 42.5. The molecule has 21 rings (SSSR count). The van der Waals surface area contributed by atoms with Crippen LogP contribution in [-0.2, 0) is 79.7 Å². The van der Waals surface area contributed by atoms with Gasteiger partial charge in [0.2, 0.25) is 11.4 Å². The molecule has 20 aliphatic carbocycles. The van der Waals surface area contributed by atoms with Gasteiger partial charge in [-0.1, -0.05) is 194 Å². The van der Waals surface area contributed by atoms with Crippen LogP contribution in [0, 0.1) is 192 Å². The Bertz CT molecular complexity index is 5660. The highest BCUT2D eigenvalue weighted by Crippen LogP contribution is 2.81. The smallest absolute Gasteiger partial charge is 0.312 e. The molecule has 0 unspecified atom stereocenters. The number of hydrogen-bond donors (Lipinski definition) is 1. The second-order valence-electron chi connectivity index (χ2n) is 55.3. The lowest BCUT2D eigenvalue weighted by atomic mass is 9.35. The predicted octanol–water partition coefficient (Wildman–Crippen LogP) is 27.2. The zero-order chi connectivity index (χ0) is 100. The van der Waals surface area contributed by atoms with Gasteiger partial charge in [0.25, 0.3) is 0 Å². The minimum atomic E-state index is -0.582. The minimum absolute atomic E-state index is 0. The predicted molar refractivity (Wildman–Crippen MR) is 549 cm³/mol. The average Bonchev–Trinajstić information content (AvgIpc) is 0.769. The lowest BCUT2D eigenvalue weighted by Crippen LogP contribution is -2.65. The molecule has 1 aromatic rings. The Kier molecular flexibility index (Phi) is 26.7. The van der Waals surface area contributed by atoms with Gasteiger partial charge in [-0.05, 0) is 358 Å². The van der Waals surface area contributed by atoms with Gasteiger partial charge < -0.3 is 33.4 Å². The van der Waals surface area contributed by atoms with Gasteiger partial charge in [-0.3, -0.25) is 43.2 Å². The number of esters is 4. The van der Waals surface area contributed by atoms with Crippen LogP contribution in [-0.4, -0.2) is 97.3 Å². The maximum atomic E-state index is 14.3. The molecule has 19 heteroatoms. The van der Waals surface area contributed by atoms with E-state index in [-0.39, 0.29) is 228 Å². The van der Waals surface area contributed by atoms with Gasteiger partial charge >= 0.3 is 23.9 Å². The summed E-state index contributed by atoms with van der Waals surface area (Å²) in [6.45, 7) is 61.4. The van der Waals surface area contributed by atoms with Gasteiger partial charge in [-0.2, -0.15) is 0 Å². The summed E-state index contributed by atoms with van der Waals surface area (Å²) in [4.78, 5) is 142. The average molecular weight is 1940 g/mol. The maximum absolute atomic E-state index is 14.3. The summed E-state index contributed by atoms with van der Waals surface area (Å²) >= 11 is 0. The van der Waals surface area contributed by atoms with Gasteiger partial charge in [-0.25, -0.2) is 9.69 Å². The van der Waals surface area contributed by atoms with Crippen molar-refractivity contribution in [1.82, 2.24) is 5.16 Å². The quantitative estimate of drug-likeness (QED) is 0.167. The van der Waals surface area contributed by atoms with Crippen LogP contribution in [0.15, 0.2) is 80.5 Å². The molecule has 28 atom stereocenters. The van der Waals surface area contributed by atoms with Crippen LogP contribution in [0.25, 0.3) is 9.69 Å². The highest BCUT2D eigenvalue weighted by atomic mass is 16.5. The van der Waals surface area contributed by atoms with Crippen LogP contribution < -0.4 is 0 Å². The molecule has 141 heavy (non-hydrogen) atoms. The topological polar surface area (TPSA) is 263 Å². The first kappa shape index (κ1) is 108. The molecule has 0 aliphatic heterocycles. The van der Waals surface area contributed by atoms with Crippen LogP contribution in [0.1, 0.15) is 392 Å². The summed E-state index contributed by atoms with van der Waals surface area (Å²) in [7, 11) is 6.01. The fourth-order valence-corrected chi connectivity index (χ4v) is 38.2. The summed E-state index contributed by atoms with van der Waals surface area (Å²) < 4.78 is 27.2. The first-order chi connectivity index (χ1) is 64.3. The summed E-state index contributed by atoms with van der Waals surface area (Å²) in [5.74, 6) is 2.48. The Morgan fingerprint density at radius 3 is 1.04 bits per heavy atom. The normalized spacial score (nSPS) is 45.6. The van der Waals surface area contributed by atoms with Crippen molar-refractivity contribution in [2.75, 3.05) is 28.4 Å². The number of fused-ring (bicyclic) bond motifs is 29. The number of aliphatic hydroxyl groups excluding tert-OH is 1. The van der Waals surface area contributed by atoms with E-state index in [2.05, 4.69) is 159 Å². The molecule has 0 spiro atoms. The van der Waals surface area contributed by atoms with Crippen molar-refractivity contribution in [2.24, 2.45) is 179 Å². The van der Waals surface area contributed by atoms with Crippen molar-refractivity contribution in [3.63, 3.8) is 0 Å². The number of allylic oxidation sites excluding steroid dienone is 12. The van der Waals surface area contributed by atoms with Gasteiger partial charge in [0.05, 0.1) is 75.2 Å². The van der Waals surface area contributed by atoms with Gasteiger partial charge in [0.1, 0.15) is 11.5 Å². The van der Waals surface area contributed by atoms with E-state index in [0.717, 1.165) is 210 Å². The standard InChI is InChI=1S/2C30H41NO4.C30H39NO4.C29H42O4.3CH4.H2/c1-26(2)9-11-30(25(33)34-6)12-10-29(5)24(20(30)16-26)21(32)14-23-27(3)15-18-17-31-35-22(18)13-19(27)7-8-28(23,29)4;2*1-26(2)10-12-30(25(34)35-7)13-11-29(5)24(19(30)16-26)22(33)15-23-27(3)17-20(31-6)21(32)14-18(27)8-9-28(23,29)4;1-25(2)11-13-29(24(32)33-6)14-12-28(5)23(20(29)17-25)21(31)16-22-26(3)9-8-19(30)15-18(26)7-10-27(22,28)4;;;;/h14,17,19-20,24H,7-13,15-16H2,1-6H3;15,18-19,24,32H,8-14,16-17H2,1-5,7H3;15,17-19,24H,8-14,16H2,1-5,7H3;16,18,20,23H,7-15,17H2,1-6H3;3*1H4;1H/t19-,20-,24-,27-,28+,29+,30-;2*18-,19-,24-,27-,28+,29+,30-;18-,20-,23-,26-,27+,28+,29-;;;;/m0000..../s1/i;;;;;;;1+2. The van der Waals surface area contributed by atoms with Crippen LogP contribution in [0.5, 0.6) is 0 Å². The maximum Gasteiger partial charge on any atom is 0.312 e. The minimum Gasteiger partial charge on any atom is -0.524 e. The molecule has 0 radical (unpaired) electrons. The number of nitrogens with zero attached hydrogens (tertiary/aromatic N) is 3. The molecule has 1 aromatic heterocycles. The number of ketones is 6. The van der Waals surface area contributed by atoms with Crippen LogP contribution in [0.2, 0.25) is 0 Å². The SMILES string of the molecule is C.C.C.COC(=O)[C@]12CCC(C)(C)C[C@H]1[C@H]1C(=O)C=C3[C@@]4(C)CCC(=O)C[C@@H]4CC[C@@]3(C)[C@]1(C)CC2.COC(=O)[C@]12CCC(C)(C)C[C@H]1[C@H]1C(=O)C=C3[C@@]4(C)Cc5cnoc5C[C@@H]4CC[C@@]3(C)[C@]1(C)CC2.[3HH].[C-]#[N+]C1=C(O)C[C@@H]2CC[C@]3(C)C(=CC(=O)[C@@H]4[C@@H]5CC(C)(C)CC[C@]5(C(=O)OC)CC[C@]43C)[C@@]2(C)C1.[C-]#[N+]C1=C[C@]2(C)C3=CC(=O)[C@@H]4[C@@H]5CC(C)(C)CC[C@]5(C(=O)OC)CC[C@@]4(C)[C@]3(C)CC[C@H]2CC1=O. The Labute approximate surface area is 846 Å². The molecule has 1 heterocycles. The number of carbonyl (C=O) groups is 10. The highest BCUT2D eigenvalue weighted by molar-refractivity contribution is 6.01. The second-order valence-corrected chi connectivity index (χ2v) is 55.3. The number of methoxy groups -OCH3 is 4. The Morgan fingerprint density at radius 2 is 0.695 bits per heavy atom. The number of carbonyl (C=O) groups excluding carboxylic acids is 10. The van der Waals surface area contributed by atoms with E-state index in [1.807, 2.05) is 30.5 Å². The first-order valence-corrected chi connectivity index (χ1v) is 53.6. The zero-order valence-electron chi connectivity index (χ0n) is 88.3. The van der Waals surface area contributed by atoms with Crippen LogP contribution >= 0.6 is 0 Å². The molecule has 20 aliphatic rings. The van der Waals surface area contributed by atoms with E-state index >= 15 is 0 Å². The third-order valence-electron chi connectivity index (χ3n) is 47.6. The van der Waals surface area contributed by atoms with Crippen molar-refractivity contribution in [1.29, 1.82) is 0 Å². The second kappa shape index (κ2) is 35.0. The van der Waals surface area contributed by atoms with Crippen LogP contribution in [0.4, 0.5) is 0 Å². The summed E-state index contributed by atoms with van der Waals surface area (Å²) in [5.41, 5.74) is 2.80. The Morgan fingerprint density at radius 1 is 0.383 bits per heavy atom. The number of aromatic nitrogens is 1. The van der Waals surface area contributed by atoms with Gasteiger partial charge in [0.15, 0.2) is 28.9 Å². The van der Waals surface area contributed by atoms with Crippen molar-refractivity contribution in [2.45, 2.75) is 392 Å². The van der Waals surface area contributed by atoms with E-state index in [1.165, 1.54) is 50.7 Å². The summed E-state index contributed by atoms with van der Waals surface area (Å²) in [6, 6.07) is 0. The van der Waals surface area contributed by atoms with E-state index in [1.54, 1.807) is 0 Å². The zero-order valence-corrected chi connectivity index (χ0v) is 88.3. The monoisotopic (exact) mass is 1940 g/mol. The third-order valence-corrected chi connectivity index (χ3v) is 47.6. The fraction of sp³-hybridized carbons (Fsp3) is 0.779. The van der Waals surface area contributed by atoms with E-state index in [9.17, 15) is 53.1 Å². The molecule has 13 fully saturated rings. The fourth-order valence-electron chi connectivity index (χ4n) is 38.2. The lowest BCUT2D eigenvalue weighted by molar-refractivity contribution is -0.192. The Balaban J connectivity index is 0.000000149. The van der Waals surface area contributed by atoms with Gasteiger partial charge in [0, 0.05) is 61.8 Å². The molecule has 0 saturated heterocycles. The van der Waals surface area contributed by atoms with Crippen LogP contribution in [0.3, 0.4) is 0 Å². The Hall–Kier alpha value is -7.67. The van der Waals surface area contributed by atoms with Crippen molar-refractivity contribution in [3.8, 4) is 0 Å². The van der Waals surface area contributed by atoms with Crippen molar-refractivity contribution >= 4 is 58.6 Å². The molecule has 1 N–H and O–H groups in total. The van der Waals surface area contributed by atoms with E-state index < -0.39 is 27.1 Å². The molecule has 19 nitrogen and oxygen atoms in total. The van der Waals surface area contributed by atoms with Crippen molar-refractivity contribution in [3.05, 3.63) is 110 Å². The molecule has 13 saturated carbocycles. The number of Topliss-reactive ketones (excluding diaryl/α,β-unsaturated/α-hetero) is 2. The first-order valence-electron chi connectivity index (χ1n) is 53.6. The largest absolute Gasteiger partial charge is 0.524 e. The number of aliphatic hydroxyl groups is 1. The molecule has 0 aromatic carbocycles. The molecule has 0 amide bonds. The summed E-state index contributed by atoms with van der Waals surface area (Å²) in [5, 5.41) is 14.6. The third kappa shape index (κ3) is 15.0. The van der Waals surface area contributed by atoms with E-state index in [0.29, 0.717) is 55.4 Å². The molecular weight excluding hydrogens is 1760 g/mol. The van der Waals surface area contributed by atoms with E-state index in [4.69, 9.17) is 36.6 Å². The van der Waals surface area contributed by atoms with Crippen molar-refractivity contribution < 1.29 is 77.9 Å². The number of rotatable bonds is 4. The lowest BCUT2D eigenvalue weighted by Gasteiger charge is -2.68. The highest BCUT2D eigenvalue weighted by Gasteiger charge is 2.77. The number of ether oxygens (including phenoxy) is 4. The number of hydrogen-bond acceptors (Lipinski definition) is 17. The molecular formula is C122H177N3O16.